The van der Waals surface area contributed by atoms with E-state index in [1.807, 2.05) is 0 Å². The normalized spacial score (nSPS) is 19.2. The molecule has 1 atom stereocenters. The van der Waals surface area contributed by atoms with Gasteiger partial charge in [-0.15, -0.1) is 0 Å². The average molecular weight is 327 g/mol. The van der Waals surface area contributed by atoms with E-state index in [1.54, 1.807) is 6.07 Å². The Labute approximate surface area is 143 Å². The van der Waals surface area contributed by atoms with Gasteiger partial charge in [0.1, 0.15) is 5.76 Å². The van der Waals surface area contributed by atoms with E-state index in [9.17, 15) is 4.79 Å². The van der Waals surface area contributed by atoms with Gasteiger partial charge >= 0.3 is 5.97 Å². The van der Waals surface area contributed by atoms with Gasteiger partial charge in [0.15, 0.2) is 0 Å². The Morgan fingerprint density at radius 2 is 1.96 bits per heavy atom. The quantitative estimate of drug-likeness (QED) is 0.872. The Kier molecular flexibility index (Phi) is 3.94. The Bertz CT molecular complexity index is 788. The highest BCUT2D eigenvalue weighted by Gasteiger charge is 2.37. The van der Waals surface area contributed by atoms with Crippen molar-refractivity contribution in [2.24, 2.45) is 0 Å². The van der Waals surface area contributed by atoms with Gasteiger partial charge in [-0.2, -0.15) is 0 Å². The first-order valence-electron chi connectivity index (χ1n) is 8.40. The summed E-state index contributed by atoms with van der Waals surface area (Å²) >= 11 is 0. The van der Waals surface area contributed by atoms with Crippen molar-refractivity contribution in [3.8, 4) is 0 Å². The zero-order valence-corrected chi connectivity index (χ0v) is 15.0. The Balaban J connectivity index is 2.03. The van der Waals surface area contributed by atoms with Crippen LogP contribution >= 0.6 is 0 Å². The van der Waals surface area contributed by atoms with Crippen molar-refractivity contribution < 1.29 is 14.3 Å². The van der Waals surface area contributed by atoms with Crippen LogP contribution in [0.2, 0.25) is 0 Å². The molecule has 0 aliphatic carbocycles. The van der Waals surface area contributed by atoms with Gasteiger partial charge in [0.2, 0.25) is 5.76 Å². The van der Waals surface area contributed by atoms with Gasteiger partial charge in [0, 0.05) is 11.2 Å². The molecule has 0 amide bonds. The maximum absolute atomic E-state index is 11.0. The fourth-order valence-electron chi connectivity index (χ4n) is 3.78. The number of furan rings is 1. The molecule has 2 heterocycles. The van der Waals surface area contributed by atoms with Crippen LogP contribution in [0, 0.1) is 13.8 Å². The summed E-state index contributed by atoms with van der Waals surface area (Å²) in [4.78, 5) is 13.4. The number of carboxylic acids is 1. The van der Waals surface area contributed by atoms with Crippen LogP contribution in [0.5, 0.6) is 0 Å². The third kappa shape index (κ3) is 2.81. The van der Waals surface area contributed by atoms with Crippen LogP contribution in [0.1, 0.15) is 66.1 Å². The number of rotatable bonds is 3. The highest BCUT2D eigenvalue weighted by molar-refractivity contribution is 5.84. The fourth-order valence-corrected chi connectivity index (χ4v) is 3.78. The zero-order chi connectivity index (χ0) is 17.6. The van der Waals surface area contributed by atoms with Crippen molar-refractivity contribution in [1.82, 2.24) is 0 Å². The number of hydrogen-bond acceptors (Lipinski definition) is 3. The topological polar surface area (TPSA) is 53.7 Å². The van der Waals surface area contributed by atoms with Crippen LogP contribution in [0.25, 0.3) is 0 Å². The molecule has 3 rings (SSSR count). The monoisotopic (exact) mass is 327 g/mol. The molecule has 0 radical (unpaired) electrons. The summed E-state index contributed by atoms with van der Waals surface area (Å²) in [5.41, 5.74) is 5.16. The van der Waals surface area contributed by atoms with Gasteiger partial charge in [0.05, 0.1) is 6.54 Å². The summed E-state index contributed by atoms with van der Waals surface area (Å²) in [6, 6.07) is 7.84. The first-order chi connectivity index (χ1) is 11.2. The van der Waals surface area contributed by atoms with Gasteiger partial charge in [-0.1, -0.05) is 13.0 Å². The minimum atomic E-state index is -1.03. The minimum Gasteiger partial charge on any atom is -0.475 e. The summed E-state index contributed by atoms with van der Waals surface area (Å²) in [6.45, 7) is 11.6. The molecule has 4 heteroatoms. The SMILES string of the molecule is Cc1cc2c(cc1C)N(Cc1ccc(C(=O)O)o1)C(C)(C)C[C@H]2C. The van der Waals surface area contributed by atoms with Crippen molar-refractivity contribution >= 4 is 11.7 Å². The molecule has 0 fully saturated rings. The number of hydrogen-bond donors (Lipinski definition) is 1. The number of aryl methyl sites for hydroxylation is 2. The second kappa shape index (κ2) is 5.69. The number of nitrogens with zero attached hydrogens (tertiary/aromatic N) is 1. The van der Waals surface area contributed by atoms with Crippen molar-refractivity contribution in [2.75, 3.05) is 4.90 Å². The molecule has 1 aliphatic rings. The van der Waals surface area contributed by atoms with Crippen molar-refractivity contribution in [2.45, 2.75) is 59.0 Å². The number of carboxylic acid groups (broad SMARTS) is 1. The summed E-state index contributed by atoms with van der Waals surface area (Å²) in [6.07, 6.45) is 1.05. The molecule has 1 aromatic carbocycles. The predicted octanol–water partition coefficient (Wildman–Crippen LogP) is 4.89. The molecule has 128 valence electrons. The average Bonchev–Trinajstić information content (AvgIpc) is 2.94. The number of anilines is 1. The Hall–Kier alpha value is -2.23. The second-order valence-corrected chi connectivity index (χ2v) is 7.57. The molecule has 1 N–H and O–H groups in total. The van der Waals surface area contributed by atoms with Crippen LogP contribution < -0.4 is 4.90 Å². The van der Waals surface area contributed by atoms with E-state index in [-0.39, 0.29) is 11.3 Å². The second-order valence-electron chi connectivity index (χ2n) is 7.57. The van der Waals surface area contributed by atoms with E-state index < -0.39 is 5.97 Å². The van der Waals surface area contributed by atoms with Gasteiger partial charge < -0.3 is 14.4 Å². The lowest BCUT2D eigenvalue weighted by Gasteiger charge is -2.47. The maximum atomic E-state index is 11.0. The van der Waals surface area contributed by atoms with Gasteiger partial charge in [-0.3, -0.25) is 0 Å². The molecule has 24 heavy (non-hydrogen) atoms. The zero-order valence-electron chi connectivity index (χ0n) is 15.0. The van der Waals surface area contributed by atoms with Crippen molar-refractivity contribution in [3.05, 3.63) is 52.5 Å². The van der Waals surface area contributed by atoms with E-state index in [2.05, 4.69) is 51.7 Å². The number of aromatic carboxylic acids is 1. The predicted molar refractivity (Wildman–Crippen MR) is 94.9 cm³/mol. The van der Waals surface area contributed by atoms with Crippen molar-refractivity contribution in [1.29, 1.82) is 0 Å². The van der Waals surface area contributed by atoms with Crippen LogP contribution in [0.15, 0.2) is 28.7 Å². The molecule has 1 aromatic heterocycles. The summed E-state index contributed by atoms with van der Waals surface area (Å²) in [5.74, 6) is 0.143. The van der Waals surface area contributed by atoms with E-state index in [0.29, 0.717) is 18.2 Å². The minimum absolute atomic E-state index is 0.00602. The highest BCUT2D eigenvalue weighted by atomic mass is 16.4. The molecule has 4 nitrogen and oxygen atoms in total. The molecule has 0 spiro atoms. The van der Waals surface area contributed by atoms with E-state index >= 15 is 0 Å². The molecule has 1 aliphatic heterocycles. The fraction of sp³-hybridized carbons (Fsp3) is 0.450. The first kappa shape index (κ1) is 16.6. The number of fused-ring (bicyclic) bond motifs is 1. The molecule has 2 aromatic rings. The van der Waals surface area contributed by atoms with Crippen LogP contribution in [-0.4, -0.2) is 16.6 Å². The molecular weight excluding hydrogens is 302 g/mol. The van der Waals surface area contributed by atoms with E-state index in [0.717, 1.165) is 6.42 Å². The molecule has 0 unspecified atom stereocenters. The Morgan fingerprint density at radius 3 is 2.58 bits per heavy atom. The maximum Gasteiger partial charge on any atom is 0.371 e. The molecular formula is C20H25NO3. The Morgan fingerprint density at radius 1 is 1.29 bits per heavy atom. The van der Waals surface area contributed by atoms with Crippen LogP contribution in [0.3, 0.4) is 0 Å². The standard InChI is InChI=1S/C20H25NO3/c1-12-8-16-14(3)10-20(4,5)21(17(16)9-13(12)2)11-15-6-7-18(24-15)19(22)23/h6-9,14H,10-11H2,1-5H3,(H,22,23)/t14-/m1/s1. The molecule has 0 bridgehead atoms. The third-order valence-electron chi connectivity index (χ3n) is 5.19. The lowest BCUT2D eigenvalue weighted by Crippen LogP contribution is -2.47. The largest absolute Gasteiger partial charge is 0.475 e. The smallest absolute Gasteiger partial charge is 0.371 e. The first-order valence-corrected chi connectivity index (χ1v) is 8.40. The van der Waals surface area contributed by atoms with E-state index in [1.165, 1.54) is 28.4 Å². The lowest BCUT2D eigenvalue weighted by molar-refractivity contribution is 0.0660. The molecule has 0 saturated heterocycles. The van der Waals surface area contributed by atoms with Gasteiger partial charge in [0.25, 0.3) is 0 Å². The van der Waals surface area contributed by atoms with Crippen LogP contribution in [-0.2, 0) is 6.54 Å². The van der Waals surface area contributed by atoms with Crippen LogP contribution in [0.4, 0.5) is 5.69 Å². The summed E-state index contributed by atoms with van der Waals surface area (Å²) in [7, 11) is 0. The van der Waals surface area contributed by atoms with Crippen molar-refractivity contribution in [3.63, 3.8) is 0 Å². The summed E-state index contributed by atoms with van der Waals surface area (Å²) in [5, 5.41) is 9.06. The third-order valence-corrected chi connectivity index (χ3v) is 5.19. The van der Waals surface area contributed by atoms with E-state index in [4.69, 9.17) is 9.52 Å². The summed E-state index contributed by atoms with van der Waals surface area (Å²) < 4.78 is 5.50. The van der Waals surface area contributed by atoms with Gasteiger partial charge in [-0.05, 0) is 74.9 Å². The number of carbonyl (C=O) groups is 1. The number of benzene rings is 1. The van der Waals surface area contributed by atoms with Gasteiger partial charge in [-0.25, -0.2) is 4.79 Å². The molecule has 0 saturated carbocycles. The highest BCUT2D eigenvalue weighted by Crippen LogP contribution is 2.45. The lowest BCUT2D eigenvalue weighted by atomic mass is 9.79.